The second kappa shape index (κ2) is 8.76. The van der Waals surface area contributed by atoms with Crippen LogP contribution < -0.4 is 15.6 Å². The molecule has 0 radical (unpaired) electrons. The summed E-state index contributed by atoms with van der Waals surface area (Å²) in [5, 5.41) is 3.07. The molecule has 2 N–H and O–H groups in total. The molecule has 0 aliphatic carbocycles. The Morgan fingerprint density at radius 3 is 2.62 bits per heavy atom. The standard InChI is InChI=1S/C20H18F3N3O3/c21-20(22,23)29-16-9-4-1-6-13(16)12-24-18(27)11-5-10-17-25-15-8-3-2-7-14(15)19(28)26-17/h1-4,6-9H,5,10-12H2,(H,24,27)(H,25,26,28). The van der Waals surface area contributed by atoms with E-state index in [0.717, 1.165) is 0 Å². The number of nitrogens with one attached hydrogen (secondary N) is 2. The van der Waals surface area contributed by atoms with E-state index >= 15 is 0 Å². The highest BCUT2D eigenvalue weighted by Crippen LogP contribution is 2.26. The normalized spacial score (nSPS) is 11.4. The highest BCUT2D eigenvalue weighted by Gasteiger charge is 2.31. The van der Waals surface area contributed by atoms with E-state index in [9.17, 15) is 22.8 Å². The van der Waals surface area contributed by atoms with Crippen molar-refractivity contribution >= 4 is 16.8 Å². The molecule has 0 aliphatic heterocycles. The van der Waals surface area contributed by atoms with Crippen LogP contribution >= 0.6 is 0 Å². The first-order valence-corrected chi connectivity index (χ1v) is 8.90. The number of aromatic nitrogens is 2. The summed E-state index contributed by atoms with van der Waals surface area (Å²) < 4.78 is 41.3. The summed E-state index contributed by atoms with van der Waals surface area (Å²) in [6, 6.07) is 12.6. The average molecular weight is 405 g/mol. The Kier molecular flexibility index (Phi) is 6.16. The number of hydrogen-bond acceptors (Lipinski definition) is 4. The van der Waals surface area contributed by atoms with Crippen LogP contribution in [0.5, 0.6) is 5.75 Å². The van der Waals surface area contributed by atoms with Gasteiger partial charge in [0.1, 0.15) is 11.6 Å². The smallest absolute Gasteiger partial charge is 0.405 e. The van der Waals surface area contributed by atoms with Gasteiger partial charge in [0.2, 0.25) is 5.91 Å². The lowest BCUT2D eigenvalue weighted by atomic mass is 10.2. The molecule has 3 aromatic rings. The highest BCUT2D eigenvalue weighted by molar-refractivity contribution is 5.77. The molecule has 0 bridgehead atoms. The number of carbonyl (C=O) groups excluding carboxylic acids is 1. The number of aryl methyl sites for hydroxylation is 1. The second-order valence-corrected chi connectivity index (χ2v) is 6.32. The zero-order valence-corrected chi connectivity index (χ0v) is 15.3. The molecule has 0 atom stereocenters. The van der Waals surface area contributed by atoms with Crippen molar-refractivity contribution in [3.05, 3.63) is 70.3 Å². The molecule has 1 heterocycles. The first-order valence-electron chi connectivity index (χ1n) is 8.90. The van der Waals surface area contributed by atoms with Crippen molar-refractivity contribution in [2.24, 2.45) is 0 Å². The molecule has 2 aromatic carbocycles. The summed E-state index contributed by atoms with van der Waals surface area (Å²) in [7, 11) is 0. The van der Waals surface area contributed by atoms with E-state index in [0.29, 0.717) is 29.6 Å². The number of fused-ring (bicyclic) bond motifs is 1. The molecule has 1 aromatic heterocycles. The number of amides is 1. The maximum atomic E-state index is 12.4. The minimum absolute atomic E-state index is 0.0872. The van der Waals surface area contributed by atoms with Gasteiger partial charge in [-0.15, -0.1) is 13.2 Å². The molecular weight excluding hydrogens is 387 g/mol. The van der Waals surface area contributed by atoms with Crippen molar-refractivity contribution in [3.8, 4) is 5.75 Å². The Morgan fingerprint density at radius 2 is 1.83 bits per heavy atom. The third-order valence-corrected chi connectivity index (χ3v) is 4.15. The van der Waals surface area contributed by atoms with Gasteiger partial charge < -0.3 is 15.0 Å². The quantitative estimate of drug-likeness (QED) is 0.631. The molecular formula is C20H18F3N3O3. The van der Waals surface area contributed by atoms with Gasteiger partial charge in [-0.25, -0.2) is 4.98 Å². The number of hydrogen-bond donors (Lipinski definition) is 2. The van der Waals surface area contributed by atoms with Crippen molar-refractivity contribution in [1.82, 2.24) is 15.3 Å². The predicted molar refractivity (Wildman–Crippen MR) is 100 cm³/mol. The third kappa shape index (κ3) is 5.81. The minimum atomic E-state index is -4.80. The number of rotatable bonds is 7. The average Bonchev–Trinajstić information content (AvgIpc) is 2.66. The van der Waals surface area contributed by atoms with Gasteiger partial charge >= 0.3 is 6.36 Å². The Balaban J connectivity index is 1.52. The molecule has 3 rings (SSSR count). The second-order valence-electron chi connectivity index (χ2n) is 6.32. The van der Waals surface area contributed by atoms with Crippen molar-refractivity contribution in [2.45, 2.75) is 32.2 Å². The number of nitrogens with zero attached hydrogens (tertiary/aromatic N) is 1. The number of halogens is 3. The monoisotopic (exact) mass is 405 g/mol. The zero-order valence-electron chi connectivity index (χ0n) is 15.3. The van der Waals surface area contributed by atoms with E-state index in [-0.39, 0.29) is 35.7 Å². The number of ether oxygens (including phenoxy) is 1. The van der Waals surface area contributed by atoms with Crippen molar-refractivity contribution in [3.63, 3.8) is 0 Å². The lowest BCUT2D eigenvalue weighted by Gasteiger charge is -2.13. The van der Waals surface area contributed by atoms with Gasteiger partial charge in [-0.1, -0.05) is 30.3 Å². The van der Waals surface area contributed by atoms with Crippen LogP contribution in [0.1, 0.15) is 24.2 Å². The van der Waals surface area contributed by atoms with Crippen molar-refractivity contribution < 1.29 is 22.7 Å². The summed E-state index contributed by atoms with van der Waals surface area (Å²) in [5.41, 5.74) is 0.562. The van der Waals surface area contributed by atoms with Gasteiger partial charge in [0.15, 0.2) is 0 Å². The van der Waals surface area contributed by atoms with Gasteiger partial charge in [0.05, 0.1) is 10.9 Å². The summed E-state index contributed by atoms with van der Waals surface area (Å²) in [6.07, 6.45) is -3.85. The fraction of sp³-hybridized carbons (Fsp3) is 0.250. The number of benzene rings is 2. The Bertz CT molecular complexity index is 1060. The third-order valence-electron chi connectivity index (χ3n) is 4.15. The molecule has 29 heavy (non-hydrogen) atoms. The molecule has 0 spiro atoms. The molecule has 9 heteroatoms. The van der Waals surface area contributed by atoms with Crippen LogP contribution in [-0.4, -0.2) is 22.2 Å². The lowest BCUT2D eigenvalue weighted by Crippen LogP contribution is -2.24. The predicted octanol–water partition coefficient (Wildman–Crippen LogP) is 3.46. The van der Waals surface area contributed by atoms with Crippen molar-refractivity contribution in [2.75, 3.05) is 0 Å². The molecule has 0 unspecified atom stereocenters. The molecule has 6 nitrogen and oxygen atoms in total. The fourth-order valence-electron chi connectivity index (χ4n) is 2.83. The zero-order chi connectivity index (χ0) is 20.9. The van der Waals surface area contributed by atoms with E-state index < -0.39 is 6.36 Å². The van der Waals surface area contributed by atoms with Gasteiger partial charge in [0, 0.05) is 24.9 Å². The SMILES string of the molecule is O=C(CCCc1nc2ccccc2c(=O)[nH]1)NCc1ccccc1OC(F)(F)F. The van der Waals surface area contributed by atoms with E-state index in [1.165, 1.54) is 18.2 Å². The number of aromatic amines is 1. The summed E-state index contributed by atoms with van der Waals surface area (Å²) in [6.45, 7) is -0.0872. The summed E-state index contributed by atoms with van der Waals surface area (Å²) >= 11 is 0. The Hall–Kier alpha value is -3.36. The topological polar surface area (TPSA) is 84.1 Å². The first kappa shape index (κ1) is 20.4. The Morgan fingerprint density at radius 1 is 1.10 bits per heavy atom. The van der Waals surface area contributed by atoms with Crippen LogP contribution in [0.15, 0.2) is 53.3 Å². The van der Waals surface area contributed by atoms with E-state index in [2.05, 4.69) is 20.0 Å². The van der Waals surface area contributed by atoms with E-state index in [1.807, 2.05) is 0 Å². The first-order chi connectivity index (χ1) is 13.8. The molecule has 0 saturated heterocycles. The van der Waals surface area contributed by atoms with Gasteiger partial charge in [-0.05, 0) is 24.6 Å². The van der Waals surface area contributed by atoms with Crippen LogP contribution in [0, 0.1) is 0 Å². The van der Waals surface area contributed by atoms with Gasteiger partial charge in [-0.2, -0.15) is 0 Å². The largest absolute Gasteiger partial charge is 0.573 e. The molecule has 0 saturated carbocycles. The number of H-pyrrole nitrogens is 1. The van der Waals surface area contributed by atoms with Crippen LogP contribution in [0.3, 0.4) is 0 Å². The summed E-state index contributed by atoms with van der Waals surface area (Å²) in [4.78, 5) is 31.1. The van der Waals surface area contributed by atoms with Crippen molar-refractivity contribution in [1.29, 1.82) is 0 Å². The molecule has 152 valence electrons. The highest BCUT2D eigenvalue weighted by atomic mass is 19.4. The molecule has 0 aliphatic rings. The molecule has 1 amide bonds. The summed E-state index contributed by atoms with van der Waals surface area (Å²) in [5.74, 6) is -0.196. The fourth-order valence-corrected chi connectivity index (χ4v) is 2.83. The van der Waals surface area contributed by atoms with E-state index in [1.54, 1.807) is 30.3 Å². The van der Waals surface area contributed by atoms with Crippen LogP contribution in [0.4, 0.5) is 13.2 Å². The maximum Gasteiger partial charge on any atom is 0.573 e. The van der Waals surface area contributed by atoms with Crippen LogP contribution in [-0.2, 0) is 17.8 Å². The van der Waals surface area contributed by atoms with Gasteiger partial charge in [-0.3, -0.25) is 9.59 Å². The maximum absolute atomic E-state index is 12.4. The number of carbonyl (C=O) groups is 1. The van der Waals surface area contributed by atoms with Crippen LogP contribution in [0.2, 0.25) is 0 Å². The number of alkyl halides is 3. The lowest BCUT2D eigenvalue weighted by molar-refractivity contribution is -0.274. The van der Waals surface area contributed by atoms with Gasteiger partial charge in [0.25, 0.3) is 5.56 Å². The minimum Gasteiger partial charge on any atom is -0.405 e. The van der Waals surface area contributed by atoms with Crippen LogP contribution in [0.25, 0.3) is 10.9 Å². The van der Waals surface area contributed by atoms with E-state index in [4.69, 9.17) is 0 Å². The molecule has 0 fully saturated rings. The Labute approximate surface area is 163 Å². The number of para-hydroxylation sites is 2.